The molecule has 1 aliphatic rings. The average molecular weight is 397 g/mol. The van der Waals surface area contributed by atoms with Gasteiger partial charge in [-0.05, 0) is 70.1 Å². The van der Waals surface area contributed by atoms with E-state index < -0.39 is 0 Å². The number of carbonyl (C=O) groups excluding carboxylic acids is 1. The lowest BCUT2D eigenvalue weighted by atomic mass is 9.99. The summed E-state index contributed by atoms with van der Waals surface area (Å²) in [5.41, 5.74) is 3.27. The van der Waals surface area contributed by atoms with Crippen LogP contribution in [0.4, 0.5) is 17.3 Å². The Balaban J connectivity index is 1.63. The maximum absolute atomic E-state index is 12.4. The van der Waals surface area contributed by atoms with Gasteiger partial charge in [-0.3, -0.25) is 4.79 Å². The molecular weight excluding hydrogens is 364 g/mol. The van der Waals surface area contributed by atoms with E-state index >= 15 is 0 Å². The highest BCUT2D eigenvalue weighted by Gasteiger charge is 2.16. The van der Waals surface area contributed by atoms with Gasteiger partial charge in [0.15, 0.2) is 0 Å². The van der Waals surface area contributed by atoms with E-state index in [0.717, 1.165) is 36.9 Å². The highest BCUT2D eigenvalue weighted by Crippen LogP contribution is 2.25. The van der Waals surface area contributed by atoms with Crippen molar-refractivity contribution in [3.63, 3.8) is 0 Å². The zero-order valence-corrected chi connectivity index (χ0v) is 17.9. The van der Waals surface area contributed by atoms with Gasteiger partial charge in [-0.1, -0.05) is 6.92 Å². The predicted molar refractivity (Wildman–Crippen MR) is 118 cm³/mol. The minimum atomic E-state index is -0.185. The Morgan fingerprint density at radius 3 is 2.52 bits per heavy atom. The van der Waals surface area contributed by atoms with Gasteiger partial charge in [-0.25, -0.2) is 9.97 Å². The smallest absolute Gasteiger partial charge is 0.270 e. The number of anilines is 3. The van der Waals surface area contributed by atoms with Crippen LogP contribution in [0.3, 0.4) is 0 Å². The molecule has 2 heterocycles. The van der Waals surface area contributed by atoms with Gasteiger partial charge < -0.3 is 20.4 Å². The van der Waals surface area contributed by atoms with E-state index in [2.05, 4.69) is 44.6 Å². The van der Waals surface area contributed by atoms with Gasteiger partial charge in [0.25, 0.3) is 5.91 Å². The van der Waals surface area contributed by atoms with E-state index in [4.69, 9.17) is 0 Å². The lowest BCUT2D eigenvalue weighted by Gasteiger charge is -2.32. The summed E-state index contributed by atoms with van der Waals surface area (Å²) >= 11 is 0. The number of aromatic nitrogens is 2. The van der Waals surface area contributed by atoms with Crippen molar-refractivity contribution in [3.05, 3.63) is 41.7 Å². The van der Waals surface area contributed by atoms with Crippen LogP contribution >= 0.6 is 0 Å². The van der Waals surface area contributed by atoms with E-state index in [9.17, 15) is 4.79 Å². The maximum Gasteiger partial charge on any atom is 0.270 e. The van der Waals surface area contributed by atoms with E-state index in [1.165, 1.54) is 18.5 Å². The van der Waals surface area contributed by atoms with Crippen LogP contribution in [0.2, 0.25) is 0 Å². The lowest BCUT2D eigenvalue weighted by molar-refractivity contribution is 0.0946. The number of hydrogen-bond donors (Lipinski definition) is 2. The van der Waals surface area contributed by atoms with Crippen LogP contribution in [-0.2, 0) is 0 Å². The van der Waals surface area contributed by atoms with Gasteiger partial charge in [0.05, 0.1) is 0 Å². The van der Waals surface area contributed by atoms with Crippen molar-refractivity contribution in [2.75, 3.05) is 50.5 Å². The number of likely N-dealkylation sites (N-methyl/N-ethyl adjacent to an activating group) is 1. The van der Waals surface area contributed by atoms with Crippen LogP contribution in [-0.4, -0.2) is 61.0 Å². The standard InChI is InChI=1S/C22H32N6O/c1-16-9-12-28(13-10-16)19-7-5-18(6-8-19)25-22-24-17(2)15-20(26-22)21(29)23-11-14-27(3)4/h5-8,15-16H,9-14H2,1-4H3,(H,23,29)(H,24,25,26). The fraction of sp³-hybridized carbons (Fsp3) is 0.500. The molecule has 0 saturated carbocycles. The van der Waals surface area contributed by atoms with Crippen molar-refractivity contribution >= 4 is 23.2 Å². The summed E-state index contributed by atoms with van der Waals surface area (Å²) in [5.74, 6) is 1.07. The van der Waals surface area contributed by atoms with Gasteiger partial charge in [0.2, 0.25) is 5.95 Å². The molecule has 1 saturated heterocycles. The van der Waals surface area contributed by atoms with Crippen LogP contribution in [0.1, 0.15) is 35.9 Å². The van der Waals surface area contributed by atoms with Crippen LogP contribution in [0.25, 0.3) is 0 Å². The summed E-state index contributed by atoms with van der Waals surface area (Å²) in [4.78, 5) is 25.6. The Kier molecular flexibility index (Phi) is 7.04. The summed E-state index contributed by atoms with van der Waals surface area (Å²) in [7, 11) is 3.94. The number of nitrogens with zero attached hydrogens (tertiary/aromatic N) is 4. The van der Waals surface area contributed by atoms with Crippen molar-refractivity contribution in [3.8, 4) is 0 Å². The summed E-state index contributed by atoms with van der Waals surface area (Å²) in [6.07, 6.45) is 2.49. The molecular formula is C22H32N6O. The molecule has 1 fully saturated rings. The number of carbonyl (C=O) groups is 1. The third-order valence-corrected chi connectivity index (χ3v) is 5.20. The zero-order valence-electron chi connectivity index (χ0n) is 17.9. The van der Waals surface area contributed by atoms with E-state index in [0.29, 0.717) is 18.2 Å². The molecule has 0 bridgehead atoms. The number of amides is 1. The summed E-state index contributed by atoms with van der Waals surface area (Å²) in [6, 6.07) is 10.0. The van der Waals surface area contributed by atoms with Crippen molar-refractivity contribution in [1.29, 1.82) is 0 Å². The summed E-state index contributed by atoms with van der Waals surface area (Å²) < 4.78 is 0. The molecule has 29 heavy (non-hydrogen) atoms. The first-order chi connectivity index (χ1) is 13.9. The first-order valence-electron chi connectivity index (χ1n) is 10.3. The molecule has 156 valence electrons. The lowest BCUT2D eigenvalue weighted by Crippen LogP contribution is -2.32. The third kappa shape index (κ3) is 6.15. The van der Waals surface area contributed by atoms with Gasteiger partial charge in [-0.2, -0.15) is 0 Å². The van der Waals surface area contributed by atoms with Crippen molar-refractivity contribution < 1.29 is 4.79 Å². The van der Waals surface area contributed by atoms with E-state index in [1.807, 2.05) is 38.1 Å². The molecule has 2 aromatic rings. The molecule has 7 nitrogen and oxygen atoms in total. The normalized spacial score (nSPS) is 14.9. The topological polar surface area (TPSA) is 73.4 Å². The zero-order chi connectivity index (χ0) is 20.8. The molecule has 3 rings (SSSR count). The second-order valence-electron chi connectivity index (χ2n) is 8.12. The molecule has 1 aliphatic heterocycles. The Bertz CT molecular complexity index is 813. The molecule has 0 radical (unpaired) electrons. The van der Waals surface area contributed by atoms with Crippen LogP contribution in [0, 0.1) is 12.8 Å². The minimum Gasteiger partial charge on any atom is -0.372 e. The third-order valence-electron chi connectivity index (χ3n) is 5.20. The van der Waals surface area contributed by atoms with E-state index in [-0.39, 0.29) is 5.91 Å². The van der Waals surface area contributed by atoms with Crippen molar-refractivity contribution in [2.45, 2.75) is 26.7 Å². The molecule has 0 aliphatic carbocycles. The van der Waals surface area contributed by atoms with Crippen molar-refractivity contribution in [1.82, 2.24) is 20.2 Å². The second kappa shape index (κ2) is 9.69. The Morgan fingerprint density at radius 2 is 1.86 bits per heavy atom. The molecule has 1 aromatic carbocycles. The monoisotopic (exact) mass is 396 g/mol. The van der Waals surface area contributed by atoms with Crippen LogP contribution in [0.5, 0.6) is 0 Å². The number of nitrogens with one attached hydrogen (secondary N) is 2. The Labute approximate surface area is 173 Å². The maximum atomic E-state index is 12.4. The van der Waals surface area contributed by atoms with Gasteiger partial charge in [0.1, 0.15) is 5.69 Å². The molecule has 7 heteroatoms. The number of hydrogen-bond acceptors (Lipinski definition) is 6. The number of rotatable bonds is 7. The summed E-state index contributed by atoms with van der Waals surface area (Å²) in [6.45, 7) is 7.77. The number of piperidine rings is 1. The molecule has 0 atom stereocenters. The first kappa shape index (κ1) is 21.0. The molecule has 0 spiro atoms. The first-order valence-corrected chi connectivity index (χ1v) is 10.3. The SMILES string of the molecule is Cc1cc(C(=O)NCCN(C)C)nc(Nc2ccc(N3CCC(C)CC3)cc2)n1. The number of aryl methyl sites for hydroxylation is 1. The minimum absolute atomic E-state index is 0.185. The Hall–Kier alpha value is -2.67. The highest BCUT2D eigenvalue weighted by atomic mass is 16.1. The molecule has 1 aromatic heterocycles. The summed E-state index contributed by atoms with van der Waals surface area (Å²) in [5, 5.41) is 6.11. The molecule has 1 amide bonds. The molecule has 0 unspecified atom stereocenters. The van der Waals surface area contributed by atoms with Gasteiger partial charge in [0, 0.05) is 43.2 Å². The Morgan fingerprint density at radius 1 is 1.17 bits per heavy atom. The quantitative estimate of drug-likeness (QED) is 0.749. The van der Waals surface area contributed by atoms with Crippen LogP contribution < -0.4 is 15.5 Å². The molecule has 2 N–H and O–H groups in total. The predicted octanol–water partition coefficient (Wildman–Crippen LogP) is 3.06. The fourth-order valence-electron chi connectivity index (χ4n) is 3.38. The second-order valence-corrected chi connectivity index (χ2v) is 8.12. The number of benzene rings is 1. The average Bonchev–Trinajstić information content (AvgIpc) is 2.68. The van der Waals surface area contributed by atoms with E-state index in [1.54, 1.807) is 6.07 Å². The largest absolute Gasteiger partial charge is 0.372 e. The van der Waals surface area contributed by atoms with Crippen molar-refractivity contribution in [2.24, 2.45) is 5.92 Å². The fourth-order valence-corrected chi connectivity index (χ4v) is 3.38. The van der Waals surface area contributed by atoms with Gasteiger partial charge >= 0.3 is 0 Å². The highest BCUT2D eigenvalue weighted by molar-refractivity contribution is 5.92. The van der Waals surface area contributed by atoms with Crippen LogP contribution in [0.15, 0.2) is 30.3 Å². The van der Waals surface area contributed by atoms with Gasteiger partial charge in [-0.15, -0.1) is 0 Å².